The number of hydrogen-bond donors (Lipinski definition) is 1. The minimum atomic E-state index is -0.249. The van der Waals surface area contributed by atoms with Gasteiger partial charge in [-0.1, -0.05) is 0 Å². The third-order valence-electron chi connectivity index (χ3n) is 2.38. The molecule has 88 valence electrons. The third kappa shape index (κ3) is 2.90. The number of H-pyrrole nitrogens is 1. The van der Waals surface area contributed by atoms with Gasteiger partial charge >= 0.3 is 5.97 Å². The molecular weight excluding hydrogens is 218 g/mol. The van der Waals surface area contributed by atoms with Crippen molar-refractivity contribution in [2.75, 3.05) is 7.11 Å². The second-order valence-electron chi connectivity index (χ2n) is 3.53. The number of nitrogens with one attached hydrogen (secondary N) is 1. The van der Waals surface area contributed by atoms with Crippen LogP contribution < -0.4 is 0 Å². The summed E-state index contributed by atoms with van der Waals surface area (Å²) >= 11 is 0. The van der Waals surface area contributed by atoms with E-state index in [1.165, 1.54) is 7.11 Å². The Kier molecular flexibility index (Phi) is 3.49. The number of hydrogen-bond acceptors (Lipinski definition) is 4. The lowest BCUT2D eigenvalue weighted by Gasteiger charge is -2.01. The molecule has 0 atom stereocenters. The average Bonchev–Trinajstić information content (AvgIpc) is 2.90. The lowest BCUT2D eigenvalue weighted by molar-refractivity contribution is -0.140. The molecule has 17 heavy (non-hydrogen) atoms. The third-order valence-corrected chi connectivity index (χ3v) is 2.38. The van der Waals surface area contributed by atoms with Crippen molar-refractivity contribution in [2.24, 2.45) is 0 Å². The van der Waals surface area contributed by atoms with Crippen molar-refractivity contribution < 1.29 is 9.53 Å². The van der Waals surface area contributed by atoms with E-state index in [1.807, 2.05) is 24.5 Å². The van der Waals surface area contributed by atoms with E-state index in [-0.39, 0.29) is 5.97 Å². The number of carbonyl (C=O) groups is 1. The fourth-order valence-electron chi connectivity index (χ4n) is 1.48. The van der Waals surface area contributed by atoms with E-state index in [0.29, 0.717) is 18.7 Å². The predicted molar refractivity (Wildman–Crippen MR) is 62.2 cm³/mol. The van der Waals surface area contributed by atoms with Crippen molar-refractivity contribution in [1.82, 2.24) is 15.0 Å². The summed E-state index contributed by atoms with van der Waals surface area (Å²) in [5.74, 6) is 0.398. The van der Waals surface area contributed by atoms with Gasteiger partial charge < -0.3 is 9.72 Å². The zero-order valence-electron chi connectivity index (χ0n) is 9.51. The molecule has 2 aromatic heterocycles. The van der Waals surface area contributed by atoms with Crippen molar-refractivity contribution >= 4 is 5.97 Å². The number of aromatic amines is 1. The van der Waals surface area contributed by atoms with Crippen LogP contribution in [0.5, 0.6) is 0 Å². The fraction of sp³-hybridized carbons (Fsp3) is 0.250. The maximum absolute atomic E-state index is 11.0. The molecule has 0 amide bonds. The summed E-state index contributed by atoms with van der Waals surface area (Å²) in [6, 6.07) is 3.78. The van der Waals surface area contributed by atoms with E-state index in [1.54, 1.807) is 6.20 Å². The van der Waals surface area contributed by atoms with Crippen LogP contribution in [0.15, 0.2) is 30.7 Å². The largest absolute Gasteiger partial charge is 0.469 e. The Morgan fingerprint density at radius 1 is 1.47 bits per heavy atom. The summed E-state index contributed by atoms with van der Waals surface area (Å²) in [5.41, 5.74) is 1.85. The van der Waals surface area contributed by atoms with E-state index in [2.05, 4.69) is 19.7 Å². The highest BCUT2D eigenvalue weighted by atomic mass is 16.5. The van der Waals surface area contributed by atoms with Crippen molar-refractivity contribution in [3.63, 3.8) is 0 Å². The van der Waals surface area contributed by atoms with Crippen LogP contribution in [0.25, 0.3) is 11.3 Å². The summed E-state index contributed by atoms with van der Waals surface area (Å²) < 4.78 is 4.57. The first-order chi connectivity index (χ1) is 8.29. The number of aryl methyl sites for hydroxylation is 1. The SMILES string of the molecule is COC(=O)CCc1nccc(-c2cc[nH]c2)n1. The van der Waals surface area contributed by atoms with Crippen LogP contribution in [0, 0.1) is 0 Å². The molecule has 1 N–H and O–H groups in total. The zero-order chi connectivity index (χ0) is 12.1. The van der Waals surface area contributed by atoms with Crippen molar-refractivity contribution in [1.29, 1.82) is 0 Å². The number of aromatic nitrogens is 3. The summed E-state index contributed by atoms with van der Waals surface area (Å²) in [4.78, 5) is 22.5. The summed E-state index contributed by atoms with van der Waals surface area (Å²) in [6.45, 7) is 0. The molecular formula is C12H13N3O2. The molecule has 2 heterocycles. The maximum Gasteiger partial charge on any atom is 0.305 e. The number of ether oxygens (including phenoxy) is 1. The van der Waals surface area contributed by atoms with E-state index in [0.717, 1.165) is 11.3 Å². The summed E-state index contributed by atoms with van der Waals surface area (Å²) in [6.07, 6.45) is 6.19. The van der Waals surface area contributed by atoms with Crippen LogP contribution in [0.3, 0.4) is 0 Å². The van der Waals surface area contributed by atoms with Crippen molar-refractivity contribution in [2.45, 2.75) is 12.8 Å². The highest BCUT2D eigenvalue weighted by molar-refractivity contribution is 5.69. The van der Waals surface area contributed by atoms with Gasteiger partial charge in [-0.05, 0) is 12.1 Å². The molecule has 0 saturated carbocycles. The van der Waals surface area contributed by atoms with E-state index in [9.17, 15) is 4.79 Å². The Bertz CT molecular complexity index is 494. The van der Waals surface area contributed by atoms with Crippen molar-refractivity contribution in [3.05, 3.63) is 36.5 Å². The highest BCUT2D eigenvalue weighted by Gasteiger charge is 2.05. The van der Waals surface area contributed by atoms with Crippen LogP contribution in [0.2, 0.25) is 0 Å². The Morgan fingerprint density at radius 3 is 3.06 bits per heavy atom. The number of methoxy groups -OCH3 is 1. The first kappa shape index (κ1) is 11.3. The van der Waals surface area contributed by atoms with E-state index in [4.69, 9.17) is 0 Å². The number of carbonyl (C=O) groups excluding carboxylic acids is 1. The van der Waals surface area contributed by atoms with Gasteiger partial charge in [-0.15, -0.1) is 0 Å². The Hall–Kier alpha value is -2.17. The molecule has 0 radical (unpaired) electrons. The van der Waals surface area contributed by atoms with Crippen LogP contribution >= 0.6 is 0 Å². The molecule has 0 saturated heterocycles. The van der Waals surface area contributed by atoms with Crippen LogP contribution in [0.1, 0.15) is 12.2 Å². The standard InChI is InChI=1S/C12H13N3O2/c1-17-12(16)3-2-11-14-7-5-10(15-11)9-4-6-13-8-9/h4-8,13H,2-3H2,1H3. The molecule has 0 aromatic carbocycles. The van der Waals surface area contributed by atoms with Gasteiger partial charge in [-0.25, -0.2) is 9.97 Å². The van der Waals surface area contributed by atoms with Crippen molar-refractivity contribution in [3.8, 4) is 11.3 Å². The molecule has 0 bridgehead atoms. The number of rotatable bonds is 4. The second kappa shape index (κ2) is 5.25. The van der Waals surface area contributed by atoms with Gasteiger partial charge in [0.2, 0.25) is 0 Å². The quantitative estimate of drug-likeness (QED) is 0.811. The fourth-order valence-corrected chi connectivity index (χ4v) is 1.48. The van der Waals surface area contributed by atoms with Crippen LogP contribution in [-0.4, -0.2) is 28.0 Å². The predicted octanol–water partition coefficient (Wildman–Crippen LogP) is 1.58. The minimum absolute atomic E-state index is 0.249. The molecule has 5 nitrogen and oxygen atoms in total. The first-order valence-corrected chi connectivity index (χ1v) is 5.31. The lowest BCUT2D eigenvalue weighted by atomic mass is 10.2. The van der Waals surface area contributed by atoms with Gasteiger partial charge in [0.1, 0.15) is 5.82 Å². The van der Waals surface area contributed by atoms with Gasteiger partial charge in [0.05, 0.1) is 19.2 Å². The number of nitrogens with zero attached hydrogens (tertiary/aromatic N) is 2. The van der Waals surface area contributed by atoms with Gasteiger partial charge in [-0.2, -0.15) is 0 Å². The van der Waals surface area contributed by atoms with Gasteiger partial charge in [-0.3, -0.25) is 4.79 Å². The van der Waals surface area contributed by atoms with Crippen LogP contribution in [-0.2, 0) is 16.0 Å². The molecule has 2 aromatic rings. The molecule has 0 aliphatic heterocycles. The van der Waals surface area contributed by atoms with E-state index >= 15 is 0 Å². The maximum atomic E-state index is 11.0. The smallest absolute Gasteiger partial charge is 0.305 e. The monoisotopic (exact) mass is 231 g/mol. The molecule has 5 heteroatoms. The Morgan fingerprint density at radius 2 is 2.35 bits per heavy atom. The molecule has 0 aliphatic carbocycles. The molecule has 0 fully saturated rings. The van der Waals surface area contributed by atoms with Crippen LogP contribution in [0.4, 0.5) is 0 Å². The van der Waals surface area contributed by atoms with Gasteiger partial charge in [0, 0.05) is 30.6 Å². The average molecular weight is 231 g/mol. The molecule has 0 unspecified atom stereocenters. The first-order valence-electron chi connectivity index (χ1n) is 5.31. The topological polar surface area (TPSA) is 67.9 Å². The minimum Gasteiger partial charge on any atom is -0.469 e. The van der Waals surface area contributed by atoms with E-state index < -0.39 is 0 Å². The summed E-state index contributed by atoms with van der Waals surface area (Å²) in [5, 5.41) is 0. The summed E-state index contributed by atoms with van der Waals surface area (Å²) in [7, 11) is 1.37. The second-order valence-corrected chi connectivity index (χ2v) is 3.53. The Balaban J connectivity index is 2.09. The van der Waals surface area contributed by atoms with Gasteiger partial charge in [0.25, 0.3) is 0 Å². The lowest BCUT2D eigenvalue weighted by Crippen LogP contribution is -2.04. The normalized spacial score (nSPS) is 10.2. The molecule has 2 rings (SSSR count). The molecule has 0 spiro atoms. The number of esters is 1. The zero-order valence-corrected chi connectivity index (χ0v) is 9.51. The molecule has 0 aliphatic rings. The highest BCUT2D eigenvalue weighted by Crippen LogP contribution is 2.15. The van der Waals surface area contributed by atoms with Gasteiger partial charge in [0.15, 0.2) is 0 Å². The Labute approximate surface area is 98.9 Å².